The smallest absolute Gasteiger partial charge is 0.246 e. The van der Waals surface area contributed by atoms with Gasteiger partial charge in [0.1, 0.15) is 19.6 Å². The van der Waals surface area contributed by atoms with E-state index in [0.29, 0.717) is 11.6 Å². The fourth-order valence-electron chi connectivity index (χ4n) is 1.62. The molecule has 0 unspecified atom stereocenters. The number of thioether (sulfide) groups is 1. The summed E-state index contributed by atoms with van der Waals surface area (Å²) in [5.41, 5.74) is 0. The van der Waals surface area contributed by atoms with Gasteiger partial charge in [-0.25, -0.2) is 0 Å². The number of nitrogens with zero attached hydrogens (tertiary/aromatic N) is 2. The lowest BCUT2D eigenvalue weighted by atomic mass is 10.3. The Hall–Kier alpha value is -1.57. The molecule has 8 heteroatoms. The summed E-state index contributed by atoms with van der Waals surface area (Å²) < 4.78 is 0. The van der Waals surface area contributed by atoms with E-state index in [2.05, 4.69) is 5.32 Å². The summed E-state index contributed by atoms with van der Waals surface area (Å²) in [7, 11) is 0. The van der Waals surface area contributed by atoms with Gasteiger partial charge in [-0.05, 0) is 0 Å². The average molecular weight is 257 g/mol. The topological polar surface area (TPSA) is 86.8 Å². The zero-order valence-electron chi connectivity index (χ0n) is 8.97. The SMILES string of the molecule is O=C1CN(C(=O)CN2CSCC2=O)CC(=O)N1. The van der Waals surface area contributed by atoms with E-state index in [4.69, 9.17) is 0 Å². The number of hydrogen-bond donors (Lipinski definition) is 1. The predicted octanol–water partition coefficient (Wildman–Crippen LogP) is -2.00. The molecule has 2 aliphatic heterocycles. The summed E-state index contributed by atoms with van der Waals surface area (Å²) in [4.78, 5) is 47.8. The van der Waals surface area contributed by atoms with Crippen molar-refractivity contribution < 1.29 is 19.2 Å². The molecule has 7 nitrogen and oxygen atoms in total. The highest BCUT2D eigenvalue weighted by Gasteiger charge is 2.29. The van der Waals surface area contributed by atoms with Crippen LogP contribution < -0.4 is 5.32 Å². The molecule has 0 aromatic carbocycles. The second-order valence-electron chi connectivity index (χ2n) is 3.79. The first kappa shape index (κ1) is 11.9. The quantitative estimate of drug-likeness (QED) is 0.578. The highest BCUT2D eigenvalue weighted by atomic mass is 32.2. The first-order chi connectivity index (χ1) is 8.06. The Morgan fingerprint density at radius 3 is 2.41 bits per heavy atom. The molecular formula is C9H11N3O4S. The van der Waals surface area contributed by atoms with Gasteiger partial charge < -0.3 is 9.80 Å². The van der Waals surface area contributed by atoms with Crippen LogP contribution in [0.1, 0.15) is 0 Å². The van der Waals surface area contributed by atoms with E-state index < -0.39 is 11.8 Å². The third-order valence-electron chi connectivity index (χ3n) is 2.45. The standard InChI is InChI=1S/C9H11N3O4S/c13-6-1-11(2-7(14)10-6)8(15)3-12-5-17-4-9(12)16/h1-5H2,(H,10,13,14). The van der Waals surface area contributed by atoms with E-state index >= 15 is 0 Å². The van der Waals surface area contributed by atoms with Crippen molar-refractivity contribution in [3.05, 3.63) is 0 Å². The van der Waals surface area contributed by atoms with Crippen molar-refractivity contribution in [2.24, 2.45) is 0 Å². The third kappa shape index (κ3) is 2.76. The number of rotatable bonds is 2. The van der Waals surface area contributed by atoms with Gasteiger partial charge in [0.2, 0.25) is 23.6 Å². The second-order valence-corrected chi connectivity index (χ2v) is 4.75. The largest absolute Gasteiger partial charge is 0.323 e. The molecule has 0 aromatic heterocycles. The molecule has 17 heavy (non-hydrogen) atoms. The van der Waals surface area contributed by atoms with Crippen molar-refractivity contribution >= 4 is 35.4 Å². The normalized spacial score (nSPS) is 20.8. The Balaban J connectivity index is 1.93. The van der Waals surface area contributed by atoms with Gasteiger partial charge in [0.25, 0.3) is 0 Å². The van der Waals surface area contributed by atoms with Gasteiger partial charge in [-0.3, -0.25) is 24.5 Å². The van der Waals surface area contributed by atoms with Crippen molar-refractivity contribution in [3.8, 4) is 0 Å². The monoisotopic (exact) mass is 257 g/mol. The molecular weight excluding hydrogens is 246 g/mol. The van der Waals surface area contributed by atoms with E-state index in [-0.39, 0.29) is 31.4 Å². The van der Waals surface area contributed by atoms with Crippen LogP contribution in [-0.2, 0) is 19.2 Å². The number of imide groups is 1. The minimum absolute atomic E-state index is 0.0631. The molecule has 0 aromatic rings. The lowest BCUT2D eigenvalue weighted by Crippen LogP contribution is -2.55. The number of carbonyl (C=O) groups is 4. The molecule has 1 N–H and O–H groups in total. The van der Waals surface area contributed by atoms with Crippen molar-refractivity contribution in [1.82, 2.24) is 15.1 Å². The van der Waals surface area contributed by atoms with Crippen LogP contribution in [0.5, 0.6) is 0 Å². The Morgan fingerprint density at radius 1 is 1.24 bits per heavy atom. The third-order valence-corrected chi connectivity index (χ3v) is 3.40. The van der Waals surface area contributed by atoms with E-state index in [1.165, 1.54) is 16.7 Å². The number of piperazine rings is 1. The highest BCUT2D eigenvalue weighted by Crippen LogP contribution is 2.14. The predicted molar refractivity (Wildman–Crippen MR) is 58.8 cm³/mol. The molecule has 2 saturated heterocycles. The maximum Gasteiger partial charge on any atom is 0.246 e. The number of carbonyl (C=O) groups excluding carboxylic acids is 4. The summed E-state index contributed by atoms with van der Waals surface area (Å²) in [6.07, 6.45) is 0. The van der Waals surface area contributed by atoms with E-state index in [0.717, 1.165) is 4.90 Å². The van der Waals surface area contributed by atoms with Crippen LogP contribution in [0, 0.1) is 0 Å². The van der Waals surface area contributed by atoms with Crippen molar-refractivity contribution in [2.75, 3.05) is 31.3 Å². The van der Waals surface area contributed by atoms with Gasteiger partial charge in [0, 0.05) is 0 Å². The fraction of sp³-hybridized carbons (Fsp3) is 0.556. The van der Waals surface area contributed by atoms with Crippen LogP contribution in [0.2, 0.25) is 0 Å². The zero-order chi connectivity index (χ0) is 12.4. The Morgan fingerprint density at radius 2 is 1.88 bits per heavy atom. The fourth-order valence-corrected chi connectivity index (χ4v) is 2.52. The van der Waals surface area contributed by atoms with Crippen molar-refractivity contribution in [3.63, 3.8) is 0 Å². The summed E-state index contributed by atoms with van der Waals surface area (Å²) >= 11 is 1.44. The lowest BCUT2D eigenvalue weighted by Gasteiger charge is -2.27. The molecule has 2 heterocycles. The molecule has 0 atom stereocenters. The first-order valence-electron chi connectivity index (χ1n) is 5.02. The van der Waals surface area contributed by atoms with Crippen LogP contribution in [-0.4, -0.2) is 64.7 Å². The number of nitrogens with one attached hydrogen (secondary N) is 1. The van der Waals surface area contributed by atoms with Crippen LogP contribution in [0.25, 0.3) is 0 Å². The van der Waals surface area contributed by atoms with E-state index in [1.54, 1.807) is 0 Å². The summed E-state index contributed by atoms with van der Waals surface area (Å²) in [6.45, 7) is -0.314. The van der Waals surface area contributed by atoms with Crippen LogP contribution >= 0.6 is 11.8 Å². The molecule has 2 rings (SSSR count). The summed E-state index contributed by atoms with van der Waals surface area (Å²) in [5, 5.41) is 2.11. The molecule has 2 aliphatic rings. The number of hydrogen-bond acceptors (Lipinski definition) is 5. The molecule has 0 radical (unpaired) electrons. The zero-order valence-corrected chi connectivity index (χ0v) is 9.79. The Labute approximate surface area is 101 Å². The highest BCUT2D eigenvalue weighted by molar-refractivity contribution is 8.00. The van der Waals surface area contributed by atoms with E-state index in [1.807, 2.05) is 0 Å². The maximum atomic E-state index is 11.8. The lowest BCUT2D eigenvalue weighted by molar-refractivity contribution is -0.146. The molecule has 2 fully saturated rings. The second kappa shape index (κ2) is 4.74. The summed E-state index contributed by atoms with van der Waals surface area (Å²) in [6, 6.07) is 0. The maximum absolute atomic E-state index is 11.8. The molecule has 4 amide bonds. The van der Waals surface area contributed by atoms with Gasteiger partial charge in [0.05, 0.1) is 11.6 Å². The molecule has 0 aliphatic carbocycles. The summed E-state index contributed by atoms with van der Waals surface area (Å²) in [5.74, 6) is -0.570. The minimum Gasteiger partial charge on any atom is -0.323 e. The Kier molecular flexibility index (Phi) is 3.32. The number of amides is 4. The molecule has 92 valence electrons. The molecule has 0 saturated carbocycles. The minimum atomic E-state index is -0.489. The van der Waals surface area contributed by atoms with Crippen LogP contribution in [0.4, 0.5) is 0 Å². The van der Waals surface area contributed by atoms with Crippen LogP contribution in [0.15, 0.2) is 0 Å². The van der Waals surface area contributed by atoms with Crippen molar-refractivity contribution in [1.29, 1.82) is 0 Å². The van der Waals surface area contributed by atoms with Crippen molar-refractivity contribution in [2.45, 2.75) is 0 Å². The average Bonchev–Trinajstić information content (AvgIpc) is 2.63. The van der Waals surface area contributed by atoms with Gasteiger partial charge in [-0.15, -0.1) is 11.8 Å². The van der Waals surface area contributed by atoms with Gasteiger partial charge >= 0.3 is 0 Å². The molecule has 0 bridgehead atoms. The van der Waals surface area contributed by atoms with Gasteiger partial charge in [-0.2, -0.15) is 0 Å². The van der Waals surface area contributed by atoms with Gasteiger partial charge in [0.15, 0.2) is 0 Å². The first-order valence-corrected chi connectivity index (χ1v) is 6.17. The van der Waals surface area contributed by atoms with E-state index in [9.17, 15) is 19.2 Å². The molecule has 0 spiro atoms. The Bertz CT molecular complexity index is 382. The van der Waals surface area contributed by atoms with Gasteiger partial charge in [-0.1, -0.05) is 0 Å². The van der Waals surface area contributed by atoms with Crippen LogP contribution in [0.3, 0.4) is 0 Å².